The molecular formula is C20H28FNO5. The van der Waals surface area contributed by atoms with Gasteiger partial charge in [-0.2, -0.15) is 0 Å². The molecule has 6 nitrogen and oxygen atoms in total. The molecule has 7 heteroatoms. The lowest BCUT2D eigenvalue weighted by molar-refractivity contribution is -0.162. The van der Waals surface area contributed by atoms with Crippen LogP contribution in [0.5, 0.6) is 5.75 Å². The number of ether oxygens (including phenoxy) is 3. The zero-order valence-corrected chi connectivity index (χ0v) is 16.6. The maximum Gasteiger partial charge on any atom is 0.347 e. The van der Waals surface area contributed by atoms with Crippen LogP contribution in [0.15, 0.2) is 23.4 Å². The van der Waals surface area contributed by atoms with Crippen molar-refractivity contribution < 1.29 is 28.2 Å². The van der Waals surface area contributed by atoms with Gasteiger partial charge >= 0.3 is 5.97 Å². The number of esters is 1. The number of nitrogens with zero attached hydrogens (tertiary/aromatic N) is 1. The van der Waals surface area contributed by atoms with Crippen LogP contribution in [-0.4, -0.2) is 42.7 Å². The minimum absolute atomic E-state index is 0.261. The molecule has 2 rings (SSSR count). The van der Waals surface area contributed by atoms with E-state index in [1.54, 1.807) is 27.7 Å². The maximum absolute atomic E-state index is 13.9. The number of halogens is 1. The van der Waals surface area contributed by atoms with E-state index in [0.29, 0.717) is 23.6 Å². The molecule has 0 amide bonds. The van der Waals surface area contributed by atoms with E-state index in [1.165, 1.54) is 18.2 Å². The van der Waals surface area contributed by atoms with E-state index in [2.05, 4.69) is 12.1 Å². The minimum atomic E-state index is -0.865. The highest BCUT2D eigenvalue weighted by molar-refractivity contribution is 6.06. The molecule has 0 spiro atoms. The second kappa shape index (κ2) is 9.17. The summed E-state index contributed by atoms with van der Waals surface area (Å²) in [7, 11) is 0. The van der Waals surface area contributed by atoms with Crippen molar-refractivity contribution in [3.05, 3.63) is 29.6 Å². The van der Waals surface area contributed by atoms with Crippen LogP contribution in [0, 0.1) is 5.82 Å². The Kier molecular flexibility index (Phi) is 7.18. The van der Waals surface area contributed by atoms with Crippen LogP contribution in [-0.2, 0) is 19.1 Å². The average Bonchev–Trinajstić information content (AvgIpc) is 3.03. The third kappa shape index (κ3) is 6.20. The lowest BCUT2D eigenvalue weighted by Crippen LogP contribution is -2.34. The summed E-state index contributed by atoms with van der Waals surface area (Å²) < 4.78 is 30.8. The van der Waals surface area contributed by atoms with Gasteiger partial charge in [0.2, 0.25) is 0 Å². The molecule has 0 fully saturated rings. The highest BCUT2D eigenvalue weighted by Crippen LogP contribution is 2.27. The van der Waals surface area contributed by atoms with Gasteiger partial charge in [0.1, 0.15) is 35.6 Å². The van der Waals surface area contributed by atoms with E-state index in [4.69, 9.17) is 19.0 Å². The molecule has 2 atom stereocenters. The summed E-state index contributed by atoms with van der Waals surface area (Å²) in [5.74, 6) is -0.620. The van der Waals surface area contributed by atoms with Crippen LogP contribution in [0.3, 0.4) is 0 Å². The second-order valence-corrected chi connectivity index (χ2v) is 7.42. The fourth-order valence-corrected chi connectivity index (χ4v) is 2.46. The van der Waals surface area contributed by atoms with Crippen LogP contribution >= 0.6 is 0 Å². The molecule has 0 aromatic heterocycles. The van der Waals surface area contributed by atoms with Gasteiger partial charge in [-0.25, -0.2) is 9.18 Å². The van der Waals surface area contributed by atoms with Crippen LogP contribution in [0.2, 0.25) is 0 Å². The Hall–Kier alpha value is -2.15. The molecule has 2 unspecified atom stereocenters. The predicted molar refractivity (Wildman–Crippen MR) is 99.5 cm³/mol. The van der Waals surface area contributed by atoms with Crippen LogP contribution in [0.1, 0.15) is 53.0 Å². The van der Waals surface area contributed by atoms with Crippen LogP contribution < -0.4 is 4.74 Å². The smallest absolute Gasteiger partial charge is 0.347 e. The van der Waals surface area contributed by atoms with E-state index in [-0.39, 0.29) is 6.61 Å². The predicted octanol–water partition coefficient (Wildman–Crippen LogP) is 3.85. The monoisotopic (exact) mass is 381 g/mol. The SMILES string of the molecule is CCCCOC1CON=C1c1cc(F)ccc1OC(C)C(=O)OC(C)(C)C. The summed E-state index contributed by atoms with van der Waals surface area (Å²) in [6.45, 7) is 9.82. The molecule has 0 aliphatic carbocycles. The zero-order chi connectivity index (χ0) is 20.0. The van der Waals surface area contributed by atoms with Gasteiger partial charge < -0.3 is 19.0 Å². The molecule has 1 aliphatic heterocycles. The first kappa shape index (κ1) is 21.2. The molecule has 27 heavy (non-hydrogen) atoms. The van der Waals surface area contributed by atoms with E-state index in [1.807, 2.05) is 0 Å². The molecule has 1 aromatic rings. The van der Waals surface area contributed by atoms with Crippen LogP contribution in [0.25, 0.3) is 0 Å². The number of hydrogen-bond donors (Lipinski definition) is 0. The molecule has 150 valence electrons. The minimum Gasteiger partial charge on any atom is -0.478 e. The van der Waals surface area contributed by atoms with E-state index >= 15 is 0 Å². The van der Waals surface area contributed by atoms with E-state index in [0.717, 1.165) is 12.8 Å². The van der Waals surface area contributed by atoms with Gasteiger partial charge in [-0.15, -0.1) is 0 Å². The van der Waals surface area contributed by atoms with Gasteiger partial charge in [0.15, 0.2) is 6.10 Å². The summed E-state index contributed by atoms with van der Waals surface area (Å²) in [5.41, 5.74) is 0.239. The first-order chi connectivity index (χ1) is 12.7. The maximum atomic E-state index is 13.9. The number of carbonyl (C=O) groups is 1. The van der Waals surface area contributed by atoms with Gasteiger partial charge in [0, 0.05) is 12.2 Å². The first-order valence-corrected chi connectivity index (χ1v) is 9.22. The summed E-state index contributed by atoms with van der Waals surface area (Å²) in [5, 5.41) is 4.01. The average molecular weight is 381 g/mol. The third-order valence-corrected chi connectivity index (χ3v) is 3.77. The second-order valence-electron chi connectivity index (χ2n) is 7.42. The Balaban J connectivity index is 2.18. The lowest BCUT2D eigenvalue weighted by Gasteiger charge is -2.23. The van der Waals surface area contributed by atoms with Crippen molar-refractivity contribution in [1.29, 1.82) is 0 Å². The standard InChI is InChI=1S/C20H28FNO5/c1-6-7-10-24-17-12-25-22-18(17)15-11-14(21)8-9-16(15)26-13(2)19(23)27-20(3,4)5/h8-9,11,13,17H,6-7,10,12H2,1-5H3. The van der Waals surface area contributed by atoms with Crippen molar-refractivity contribution in [3.8, 4) is 5.75 Å². The molecule has 1 aromatic carbocycles. The van der Waals surface area contributed by atoms with Gasteiger partial charge in [-0.3, -0.25) is 0 Å². The summed E-state index contributed by atoms with van der Waals surface area (Å²) >= 11 is 0. The number of rotatable bonds is 8. The van der Waals surface area contributed by atoms with Crippen molar-refractivity contribution >= 4 is 11.7 Å². The third-order valence-electron chi connectivity index (χ3n) is 3.77. The highest BCUT2D eigenvalue weighted by atomic mass is 19.1. The van der Waals surface area contributed by atoms with Crippen molar-refractivity contribution in [3.63, 3.8) is 0 Å². The Bertz CT molecular complexity index is 683. The molecule has 0 saturated carbocycles. The zero-order valence-electron chi connectivity index (χ0n) is 16.6. The van der Waals surface area contributed by atoms with E-state index in [9.17, 15) is 9.18 Å². The highest BCUT2D eigenvalue weighted by Gasteiger charge is 2.30. The normalized spacial score (nSPS) is 17.9. The Labute approximate surface area is 159 Å². The van der Waals surface area contributed by atoms with Crippen molar-refractivity contribution in [2.24, 2.45) is 5.16 Å². The summed E-state index contributed by atoms with van der Waals surface area (Å²) in [4.78, 5) is 17.4. The van der Waals surface area contributed by atoms with Crippen LogP contribution in [0.4, 0.5) is 4.39 Å². The van der Waals surface area contributed by atoms with E-state index < -0.39 is 29.6 Å². The Morgan fingerprint density at radius 2 is 2.15 bits per heavy atom. The molecule has 0 radical (unpaired) electrons. The summed E-state index contributed by atoms with van der Waals surface area (Å²) in [6, 6.07) is 4.04. The largest absolute Gasteiger partial charge is 0.478 e. The first-order valence-electron chi connectivity index (χ1n) is 9.22. The quantitative estimate of drug-likeness (QED) is 0.505. The number of unbranched alkanes of at least 4 members (excludes halogenated alkanes) is 1. The number of oxime groups is 1. The van der Waals surface area contributed by atoms with Crippen molar-refractivity contribution in [2.75, 3.05) is 13.2 Å². The molecule has 0 saturated heterocycles. The van der Waals surface area contributed by atoms with Gasteiger partial charge in [-0.1, -0.05) is 18.5 Å². The molecule has 0 bridgehead atoms. The number of benzene rings is 1. The fourth-order valence-electron chi connectivity index (χ4n) is 2.46. The Morgan fingerprint density at radius 3 is 2.81 bits per heavy atom. The molecule has 0 N–H and O–H groups in total. The number of hydrogen-bond acceptors (Lipinski definition) is 6. The van der Waals surface area contributed by atoms with Crippen molar-refractivity contribution in [1.82, 2.24) is 0 Å². The number of carbonyl (C=O) groups excluding carboxylic acids is 1. The topological polar surface area (TPSA) is 66.3 Å². The molecular weight excluding hydrogens is 353 g/mol. The molecule has 1 heterocycles. The van der Waals surface area contributed by atoms with Gasteiger partial charge in [0.25, 0.3) is 0 Å². The Morgan fingerprint density at radius 1 is 1.41 bits per heavy atom. The van der Waals surface area contributed by atoms with Gasteiger partial charge in [0.05, 0.1) is 0 Å². The molecule has 1 aliphatic rings. The van der Waals surface area contributed by atoms with Crippen molar-refractivity contribution in [2.45, 2.75) is 65.3 Å². The fraction of sp³-hybridized carbons (Fsp3) is 0.600. The summed E-state index contributed by atoms with van der Waals surface area (Å²) in [6.07, 6.45) is 0.640. The van der Waals surface area contributed by atoms with Gasteiger partial charge in [-0.05, 0) is 52.3 Å². The lowest BCUT2D eigenvalue weighted by atomic mass is 10.0.